The highest BCUT2D eigenvalue weighted by Gasteiger charge is 2.22. The van der Waals surface area contributed by atoms with Crippen LogP contribution in [-0.4, -0.2) is 5.78 Å². The number of carbonyl (C=O) groups is 1. The average Bonchev–Trinajstić information content (AvgIpc) is 2.46. The Hall–Kier alpha value is -0.590. The lowest BCUT2D eigenvalue weighted by molar-refractivity contribution is -0.120. The lowest BCUT2D eigenvalue weighted by Crippen LogP contribution is -2.04. The number of Topliss-reactive ketones (excluding diaryl/α,β-unsaturated/α-hetero) is 1. The van der Waals surface area contributed by atoms with Crippen molar-refractivity contribution in [3.05, 3.63) is 12.2 Å². The Morgan fingerprint density at radius 2 is 2.33 bits per heavy atom. The molecule has 0 aromatic heterocycles. The molecule has 0 radical (unpaired) electrons. The zero-order valence-corrected chi connectivity index (χ0v) is 7.88. The minimum absolute atomic E-state index is 0.395. The van der Waals surface area contributed by atoms with Gasteiger partial charge >= 0.3 is 0 Å². The molecule has 0 spiro atoms. The van der Waals surface area contributed by atoms with Crippen LogP contribution in [0, 0.1) is 5.92 Å². The van der Waals surface area contributed by atoms with Gasteiger partial charge in [0.15, 0.2) is 0 Å². The molecular formula is C11H18O. The number of hydrogen-bond acceptors (Lipinski definition) is 1. The Kier molecular flexibility index (Phi) is 4.06. The van der Waals surface area contributed by atoms with E-state index in [1.165, 1.54) is 0 Å². The third-order valence-corrected chi connectivity index (χ3v) is 2.52. The first-order valence-electron chi connectivity index (χ1n) is 5.02. The highest BCUT2D eigenvalue weighted by molar-refractivity contribution is 5.82. The SMILES string of the molecule is CC/C=C/CCC1CCCC1=O. The third kappa shape index (κ3) is 2.80. The van der Waals surface area contributed by atoms with Crippen molar-refractivity contribution in [3.8, 4) is 0 Å². The van der Waals surface area contributed by atoms with Gasteiger partial charge in [-0.1, -0.05) is 19.1 Å². The first kappa shape index (κ1) is 9.50. The van der Waals surface area contributed by atoms with E-state index in [2.05, 4.69) is 19.1 Å². The van der Waals surface area contributed by atoms with Gasteiger partial charge in [-0.05, 0) is 32.1 Å². The van der Waals surface area contributed by atoms with Crippen LogP contribution in [0.25, 0.3) is 0 Å². The standard InChI is InChI=1S/C11H18O/c1-2-3-4-5-7-10-8-6-9-11(10)12/h3-4,10H,2,5-9H2,1H3/b4-3+. The molecule has 1 heteroatoms. The molecule has 0 N–H and O–H groups in total. The van der Waals surface area contributed by atoms with E-state index in [0.717, 1.165) is 38.5 Å². The molecule has 1 aliphatic rings. The van der Waals surface area contributed by atoms with Crippen LogP contribution in [0.5, 0.6) is 0 Å². The molecule has 1 saturated carbocycles. The van der Waals surface area contributed by atoms with Gasteiger partial charge in [0.1, 0.15) is 5.78 Å². The van der Waals surface area contributed by atoms with Crippen LogP contribution in [0.2, 0.25) is 0 Å². The van der Waals surface area contributed by atoms with Gasteiger partial charge in [-0.25, -0.2) is 0 Å². The van der Waals surface area contributed by atoms with Crippen molar-refractivity contribution in [2.75, 3.05) is 0 Å². The summed E-state index contributed by atoms with van der Waals surface area (Å²) in [6.45, 7) is 2.14. The topological polar surface area (TPSA) is 17.1 Å². The number of hydrogen-bond donors (Lipinski definition) is 0. The van der Waals surface area contributed by atoms with Gasteiger partial charge in [0, 0.05) is 12.3 Å². The quantitative estimate of drug-likeness (QED) is 0.586. The van der Waals surface area contributed by atoms with Crippen LogP contribution in [0.3, 0.4) is 0 Å². The summed E-state index contributed by atoms with van der Waals surface area (Å²) in [5.41, 5.74) is 0. The summed E-state index contributed by atoms with van der Waals surface area (Å²) in [6, 6.07) is 0. The van der Waals surface area contributed by atoms with Gasteiger partial charge < -0.3 is 0 Å². The second-order valence-electron chi connectivity index (χ2n) is 3.51. The van der Waals surface area contributed by atoms with E-state index >= 15 is 0 Å². The fourth-order valence-corrected chi connectivity index (χ4v) is 1.78. The van der Waals surface area contributed by atoms with Gasteiger partial charge in [0.05, 0.1) is 0 Å². The number of ketones is 1. The molecule has 1 nitrogen and oxygen atoms in total. The molecule has 1 fully saturated rings. The summed E-state index contributed by atoms with van der Waals surface area (Å²) < 4.78 is 0. The minimum atomic E-state index is 0.395. The minimum Gasteiger partial charge on any atom is -0.299 e. The second kappa shape index (κ2) is 5.13. The molecular weight excluding hydrogens is 148 g/mol. The first-order chi connectivity index (χ1) is 5.84. The van der Waals surface area contributed by atoms with E-state index < -0.39 is 0 Å². The Bertz CT molecular complexity index is 170. The normalized spacial score (nSPS) is 24.1. The zero-order chi connectivity index (χ0) is 8.81. The number of rotatable bonds is 4. The van der Waals surface area contributed by atoms with Crippen molar-refractivity contribution >= 4 is 5.78 Å². The van der Waals surface area contributed by atoms with Gasteiger partial charge in [-0.3, -0.25) is 4.79 Å². The van der Waals surface area contributed by atoms with E-state index in [4.69, 9.17) is 0 Å². The van der Waals surface area contributed by atoms with Crippen molar-refractivity contribution in [2.24, 2.45) is 5.92 Å². The highest BCUT2D eigenvalue weighted by Crippen LogP contribution is 2.25. The van der Waals surface area contributed by atoms with Crippen LogP contribution in [0.1, 0.15) is 45.4 Å². The molecule has 0 saturated heterocycles. The third-order valence-electron chi connectivity index (χ3n) is 2.52. The monoisotopic (exact) mass is 166 g/mol. The van der Waals surface area contributed by atoms with Gasteiger partial charge in [0.2, 0.25) is 0 Å². The van der Waals surface area contributed by atoms with Crippen LogP contribution in [-0.2, 0) is 4.79 Å². The Labute approximate surface area is 74.9 Å². The molecule has 0 aromatic carbocycles. The Morgan fingerprint density at radius 1 is 1.50 bits per heavy atom. The van der Waals surface area contributed by atoms with Crippen LogP contribution in [0.15, 0.2) is 12.2 Å². The molecule has 12 heavy (non-hydrogen) atoms. The molecule has 1 rings (SSSR count). The summed E-state index contributed by atoms with van der Waals surface area (Å²) in [6.07, 6.45) is 10.8. The second-order valence-corrected chi connectivity index (χ2v) is 3.51. The van der Waals surface area contributed by atoms with Crippen molar-refractivity contribution < 1.29 is 4.79 Å². The summed E-state index contributed by atoms with van der Waals surface area (Å²) >= 11 is 0. The van der Waals surface area contributed by atoms with Crippen LogP contribution < -0.4 is 0 Å². The molecule has 1 aliphatic carbocycles. The van der Waals surface area contributed by atoms with E-state index in [0.29, 0.717) is 11.7 Å². The van der Waals surface area contributed by atoms with Crippen molar-refractivity contribution in [3.63, 3.8) is 0 Å². The molecule has 0 aromatic rings. The van der Waals surface area contributed by atoms with Crippen molar-refractivity contribution in [2.45, 2.75) is 45.4 Å². The maximum Gasteiger partial charge on any atom is 0.135 e. The Morgan fingerprint density at radius 3 is 2.92 bits per heavy atom. The van der Waals surface area contributed by atoms with E-state index in [9.17, 15) is 4.79 Å². The Balaban J connectivity index is 2.14. The average molecular weight is 166 g/mol. The molecule has 1 unspecified atom stereocenters. The number of allylic oxidation sites excluding steroid dienone is 2. The van der Waals surface area contributed by atoms with Gasteiger partial charge in [-0.15, -0.1) is 0 Å². The molecule has 1 atom stereocenters. The largest absolute Gasteiger partial charge is 0.299 e. The molecule has 0 amide bonds. The number of carbonyl (C=O) groups excluding carboxylic acids is 1. The van der Waals surface area contributed by atoms with Crippen LogP contribution in [0.4, 0.5) is 0 Å². The van der Waals surface area contributed by atoms with Crippen molar-refractivity contribution in [1.29, 1.82) is 0 Å². The van der Waals surface area contributed by atoms with E-state index in [1.807, 2.05) is 0 Å². The van der Waals surface area contributed by atoms with E-state index in [-0.39, 0.29) is 0 Å². The van der Waals surface area contributed by atoms with E-state index in [1.54, 1.807) is 0 Å². The zero-order valence-electron chi connectivity index (χ0n) is 7.88. The predicted molar refractivity (Wildman–Crippen MR) is 51.0 cm³/mol. The van der Waals surface area contributed by atoms with Gasteiger partial charge in [0.25, 0.3) is 0 Å². The fraction of sp³-hybridized carbons (Fsp3) is 0.727. The summed E-state index contributed by atoms with van der Waals surface area (Å²) in [7, 11) is 0. The lowest BCUT2D eigenvalue weighted by atomic mass is 10.0. The maximum atomic E-state index is 11.2. The fourth-order valence-electron chi connectivity index (χ4n) is 1.78. The molecule has 0 aliphatic heterocycles. The predicted octanol–water partition coefficient (Wildman–Crippen LogP) is 3.10. The summed E-state index contributed by atoms with van der Waals surface area (Å²) in [5, 5.41) is 0. The van der Waals surface area contributed by atoms with Crippen LogP contribution >= 0.6 is 0 Å². The van der Waals surface area contributed by atoms with Crippen molar-refractivity contribution in [1.82, 2.24) is 0 Å². The molecule has 0 bridgehead atoms. The summed E-state index contributed by atoms with van der Waals surface area (Å²) in [5.74, 6) is 0.895. The first-order valence-corrected chi connectivity index (χ1v) is 5.02. The molecule has 68 valence electrons. The smallest absolute Gasteiger partial charge is 0.135 e. The highest BCUT2D eigenvalue weighted by atomic mass is 16.1. The van der Waals surface area contributed by atoms with Gasteiger partial charge in [-0.2, -0.15) is 0 Å². The lowest BCUT2D eigenvalue weighted by Gasteiger charge is -2.03. The maximum absolute atomic E-state index is 11.2. The molecule has 0 heterocycles. The summed E-state index contributed by atoms with van der Waals surface area (Å²) in [4.78, 5) is 11.2.